The van der Waals surface area contributed by atoms with Gasteiger partial charge in [0.1, 0.15) is 13.2 Å². The lowest BCUT2D eigenvalue weighted by molar-refractivity contribution is -0.167. The van der Waals surface area contributed by atoms with Gasteiger partial charge in [-0.15, -0.1) is 0 Å². The maximum absolute atomic E-state index is 12.7. The van der Waals surface area contributed by atoms with Gasteiger partial charge in [-0.3, -0.25) is 14.4 Å². The highest BCUT2D eigenvalue weighted by molar-refractivity contribution is 5.71. The van der Waals surface area contributed by atoms with Crippen molar-refractivity contribution in [3.8, 4) is 0 Å². The third kappa shape index (κ3) is 44.8. The van der Waals surface area contributed by atoms with Crippen LogP contribution < -0.4 is 0 Å². The van der Waals surface area contributed by atoms with Crippen molar-refractivity contribution in [1.82, 2.24) is 0 Å². The van der Waals surface area contributed by atoms with E-state index in [1.807, 2.05) is 0 Å². The Labute approximate surface area is 353 Å². The highest BCUT2D eigenvalue weighted by Gasteiger charge is 2.19. The summed E-state index contributed by atoms with van der Waals surface area (Å²) in [4.78, 5) is 37.7. The molecule has 0 heterocycles. The molecule has 6 nitrogen and oxygen atoms in total. The third-order valence-corrected chi connectivity index (χ3v) is 10.9. The Morgan fingerprint density at radius 1 is 0.333 bits per heavy atom. The lowest BCUT2D eigenvalue weighted by atomic mass is 10.1. The van der Waals surface area contributed by atoms with Crippen LogP contribution >= 0.6 is 0 Å². The second kappa shape index (κ2) is 46.6. The Morgan fingerprint density at radius 2 is 0.596 bits per heavy atom. The molecule has 6 heteroatoms. The smallest absolute Gasteiger partial charge is 0.306 e. The molecule has 1 atom stereocenters. The average Bonchev–Trinajstić information content (AvgIpc) is 3.21. The van der Waals surface area contributed by atoms with E-state index in [1.54, 1.807) is 0 Å². The number of carbonyl (C=O) groups is 3. The van der Waals surface area contributed by atoms with Crippen LogP contribution in [-0.2, 0) is 28.6 Å². The maximum atomic E-state index is 12.7. The first kappa shape index (κ1) is 54.9. The zero-order chi connectivity index (χ0) is 41.5. The summed E-state index contributed by atoms with van der Waals surface area (Å²) in [5.41, 5.74) is 0. The first-order valence-corrected chi connectivity index (χ1v) is 24.8. The molecule has 0 aliphatic carbocycles. The summed E-state index contributed by atoms with van der Waals surface area (Å²) in [5.74, 6) is -0.885. The van der Waals surface area contributed by atoms with E-state index < -0.39 is 6.10 Å². The van der Waals surface area contributed by atoms with Gasteiger partial charge in [0.05, 0.1) is 0 Å². The zero-order valence-corrected chi connectivity index (χ0v) is 38.1. The summed E-state index contributed by atoms with van der Waals surface area (Å²) in [5, 5.41) is 0. The number of unbranched alkanes of at least 4 members (excludes halogenated alkanes) is 30. The van der Waals surface area contributed by atoms with Crippen molar-refractivity contribution in [2.24, 2.45) is 0 Å². The molecular weight excluding hydrogens is 709 g/mol. The van der Waals surface area contributed by atoms with Crippen LogP contribution in [0.4, 0.5) is 0 Å². The lowest BCUT2D eigenvalue weighted by Crippen LogP contribution is -2.30. The summed E-state index contributed by atoms with van der Waals surface area (Å²) in [6, 6.07) is 0. The lowest BCUT2D eigenvalue weighted by Gasteiger charge is -2.18. The van der Waals surface area contributed by atoms with Gasteiger partial charge in [-0.1, -0.05) is 206 Å². The minimum atomic E-state index is -0.769. The SMILES string of the molecule is CCCC/C=C\CCCCCCCC(=O)OC(COC(=O)CCCCCCCCC)COC(=O)CCCCCCCCCCC/C=C\CCCCCCCCCC. The summed E-state index contributed by atoms with van der Waals surface area (Å²) in [7, 11) is 0. The number of esters is 3. The summed E-state index contributed by atoms with van der Waals surface area (Å²) in [6.45, 7) is 6.56. The number of rotatable bonds is 45. The fourth-order valence-corrected chi connectivity index (χ4v) is 7.12. The standard InChI is InChI=1S/C51H94O6/c1-4-7-10-13-16-18-20-21-22-23-24-25-26-27-28-29-31-32-35-38-41-44-50(53)56-47-48(46-55-49(52)43-40-37-34-15-12-9-6-3)57-51(54)45-42-39-36-33-30-19-17-14-11-8-5-2/h14,17,23-24,48H,4-13,15-16,18-22,25-47H2,1-3H3/b17-14-,24-23-. The van der Waals surface area contributed by atoms with Crippen molar-refractivity contribution in [3.63, 3.8) is 0 Å². The average molecular weight is 803 g/mol. The second-order valence-electron chi connectivity index (χ2n) is 16.7. The van der Waals surface area contributed by atoms with Gasteiger partial charge < -0.3 is 14.2 Å². The van der Waals surface area contributed by atoms with E-state index in [1.165, 1.54) is 154 Å². The number of hydrogen-bond acceptors (Lipinski definition) is 6. The van der Waals surface area contributed by atoms with Crippen LogP contribution in [0.5, 0.6) is 0 Å². The molecule has 0 aliphatic rings. The third-order valence-electron chi connectivity index (χ3n) is 10.9. The van der Waals surface area contributed by atoms with E-state index in [2.05, 4.69) is 45.1 Å². The minimum Gasteiger partial charge on any atom is -0.462 e. The van der Waals surface area contributed by atoms with Crippen LogP contribution in [0.15, 0.2) is 24.3 Å². The van der Waals surface area contributed by atoms with Crippen molar-refractivity contribution in [3.05, 3.63) is 24.3 Å². The van der Waals surface area contributed by atoms with Gasteiger partial charge in [-0.25, -0.2) is 0 Å². The van der Waals surface area contributed by atoms with E-state index in [0.29, 0.717) is 19.3 Å². The molecule has 0 fully saturated rings. The van der Waals surface area contributed by atoms with Gasteiger partial charge in [0.15, 0.2) is 6.10 Å². The molecule has 1 unspecified atom stereocenters. The summed E-state index contributed by atoms with van der Waals surface area (Å²) < 4.78 is 16.7. The zero-order valence-electron chi connectivity index (χ0n) is 38.1. The molecule has 57 heavy (non-hydrogen) atoms. The molecule has 0 aliphatic heterocycles. The van der Waals surface area contributed by atoms with E-state index in [-0.39, 0.29) is 31.1 Å². The minimum absolute atomic E-state index is 0.0732. The number of carbonyl (C=O) groups excluding carboxylic acids is 3. The molecule has 334 valence electrons. The first-order chi connectivity index (χ1) is 28.0. The number of ether oxygens (including phenoxy) is 3. The Balaban J connectivity index is 4.16. The predicted octanol–water partition coefficient (Wildman–Crippen LogP) is 16.0. The molecule has 0 spiro atoms. The van der Waals surface area contributed by atoms with Crippen molar-refractivity contribution < 1.29 is 28.6 Å². The van der Waals surface area contributed by atoms with E-state index in [4.69, 9.17) is 14.2 Å². The molecule has 0 saturated heterocycles. The van der Waals surface area contributed by atoms with Crippen molar-refractivity contribution in [2.45, 2.75) is 271 Å². The molecule has 0 aromatic carbocycles. The molecule has 0 amide bonds. The van der Waals surface area contributed by atoms with Gasteiger partial charge in [0.25, 0.3) is 0 Å². The maximum Gasteiger partial charge on any atom is 0.306 e. The van der Waals surface area contributed by atoms with E-state index in [9.17, 15) is 14.4 Å². The van der Waals surface area contributed by atoms with Gasteiger partial charge >= 0.3 is 17.9 Å². The fourth-order valence-electron chi connectivity index (χ4n) is 7.12. The molecule has 0 aromatic rings. The molecule has 0 radical (unpaired) electrons. The molecule has 0 bridgehead atoms. The quantitative estimate of drug-likeness (QED) is 0.0264. The van der Waals surface area contributed by atoms with Crippen molar-refractivity contribution >= 4 is 17.9 Å². The normalized spacial score (nSPS) is 12.1. The van der Waals surface area contributed by atoms with Gasteiger partial charge in [0.2, 0.25) is 0 Å². The second-order valence-corrected chi connectivity index (χ2v) is 16.7. The largest absolute Gasteiger partial charge is 0.462 e. The molecular formula is C51H94O6. The first-order valence-electron chi connectivity index (χ1n) is 24.8. The Kier molecular flexibility index (Phi) is 44.9. The Morgan fingerprint density at radius 3 is 0.930 bits per heavy atom. The molecule has 0 N–H and O–H groups in total. The van der Waals surface area contributed by atoms with Crippen LogP contribution in [-0.4, -0.2) is 37.2 Å². The van der Waals surface area contributed by atoms with Gasteiger partial charge in [0, 0.05) is 19.3 Å². The molecule has 0 aromatic heterocycles. The number of hydrogen-bond donors (Lipinski definition) is 0. The van der Waals surface area contributed by atoms with Crippen LogP contribution in [0.25, 0.3) is 0 Å². The van der Waals surface area contributed by atoms with E-state index in [0.717, 1.165) is 70.6 Å². The Bertz CT molecular complexity index is 927. The van der Waals surface area contributed by atoms with Gasteiger partial charge in [-0.2, -0.15) is 0 Å². The predicted molar refractivity (Wildman–Crippen MR) is 243 cm³/mol. The van der Waals surface area contributed by atoms with E-state index >= 15 is 0 Å². The van der Waals surface area contributed by atoms with Crippen LogP contribution in [0, 0.1) is 0 Å². The summed E-state index contributed by atoms with van der Waals surface area (Å²) in [6.07, 6.45) is 51.8. The van der Waals surface area contributed by atoms with Crippen molar-refractivity contribution in [1.29, 1.82) is 0 Å². The molecule has 0 saturated carbocycles. The topological polar surface area (TPSA) is 78.9 Å². The molecule has 0 rings (SSSR count). The van der Waals surface area contributed by atoms with Crippen LogP contribution in [0.2, 0.25) is 0 Å². The van der Waals surface area contributed by atoms with Crippen LogP contribution in [0.3, 0.4) is 0 Å². The Hall–Kier alpha value is -2.11. The monoisotopic (exact) mass is 803 g/mol. The van der Waals surface area contributed by atoms with Crippen LogP contribution in [0.1, 0.15) is 265 Å². The fraction of sp³-hybridized carbons (Fsp3) is 0.863. The highest BCUT2D eigenvalue weighted by atomic mass is 16.6. The number of allylic oxidation sites excluding steroid dienone is 4. The summed E-state index contributed by atoms with van der Waals surface area (Å²) >= 11 is 0. The van der Waals surface area contributed by atoms with Crippen molar-refractivity contribution in [2.75, 3.05) is 13.2 Å². The highest BCUT2D eigenvalue weighted by Crippen LogP contribution is 2.15. The van der Waals surface area contributed by atoms with Gasteiger partial charge in [-0.05, 0) is 64.2 Å².